The number of pyridine rings is 2. The monoisotopic (exact) mass is 554 g/mol. The summed E-state index contributed by atoms with van der Waals surface area (Å²) >= 11 is 5.53. The summed E-state index contributed by atoms with van der Waals surface area (Å²) in [6.45, 7) is 8.89. The van der Waals surface area contributed by atoms with Crippen molar-refractivity contribution in [3.63, 3.8) is 0 Å². The molecule has 3 aromatic rings. The maximum atomic E-state index is 13.7. The van der Waals surface area contributed by atoms with Gasteiger partial charge < -0.3 is 23.5 Å². The maximum absolute atomic E-state index is 13.7. The van der Waals surface area contributed by atoms with Gasteiger partial charge in [0.05, 0.1) is 29.0 Å². The van der Waals surface area contributed by atoms with Gasteiger partial charge in [-0.05, 0) is 63.4 Å². The van der Waals surface area contributed by atoms with Crippen LogP contribution in [0.15, 0.2) is 29.1 Å². The largest absolute Gasteiger partial charge is 0.514 e. The van der Waals surface area contributed by atoms with E-state index in [1.165, 1.54) is 0 Å². The van der Waals surface area contributed by atoms with Crippen LogP contribution in [0.3, 0.4) is 0 Å². The lowest BCUT2D eigenvalue weighted by atomic mass is 9.85. The molecule has 0 saturated heterocycles. The van der Waals surface area contributed by atoms with Crippen LogP contribution in [0.1, 0.15) is 63.3 Å². The fourth-order valence-corrected chi connectivity index (χ4v) is 5.40. The van der Waals surface area contributed by atoms with Gasteiger partial charge in [-0.1, -0.05) is 13.8 Å². The molecule has 2 aliphatic heterocycles. The Labute approximate surface area is 228 Å². The van der Waals surface area contributed by atoms with Crippen molar-refractivity contribution in [3.8, 4) is 17.1 Å². The number of hydrogen-bond donors (Lipinski definition) is 0. The lowest BCUT2D eigenvalue weighted by molar-refractivity contribution is -0.171. The lowest BCUT2D eigenvalue weighted by Gasteiger charge is -2.34. The molecular weight excluding hydrogens is 528 g/mol. The minimum absolute atomic E-state index is 0.0266. The van der Waals surface area contributed by atoms with Crippen molar-refractivity contribution >= 4 is 40.1 Å². The van der Waals surface area contributed by atoms with Gasteiger partial charge in [0.2, 0.25) is 5.60 Å². The Morgan fingerprint density at radius 3 is 2.54 bits per heavy atom. The maximum Gasteiger partial charge on any atom is 0.514 e. The highest BCUT2D eigenvalue weighted by atomic mass is 35.5. The number of benzene rings is 1. The first-order valence-electron chi connectivity index (χ1n) is 12.6. The smallest absolute Gasteiger partial charge is 0.457 e. The fraction of sp³-hybridized carbons (Fsp3) is 0.393. The average molecular weight is 555 g/mol. The molecule has 0 radical (unpaired) electrons. The van der Waals surface area contributed by atoms with Crippen molar-refractivity contribution < 1.29 is 33.3 Å². The Morgan fingerprint density at radius 2 is 1.90 bits per heavy atom. The molecule has 1 aromatic carbocycles. The van der Waals surface area contributed by atoms with Crippen molar-refractivity contribution in [3.05, 3.63) is 56.9 Å². The van der Waals surface area contributed by atoms with Gasteiger partial charge in [0, 0.05) is 28.1 Å². The first kappa shape index (κ1) is 26.7. The number of esters is 1. The number of carbonyl (C=O) groups is 3. The van der Waals surface area contributed by atoms with Crippen molar-refractivity contribution in [2.24, 2.45) is 0 Å². The van der Waals surface area contributed by atoms with Crippen LogP contribution >= 0.6 is 11.6 Å². The average Bonchev–Trinajstić information content (AvgIpc) is 3.21. The summed E-state index contributed by atoms with van der Waals surface area (Å²) in [7, 11) is 0. The van der Waals surface area contributed by atoms with Crippen LogP contribution in [-0.2, 0) is 44.2 Å². The van der Waals surface area contributed by atoms with Crippen LogP contribution in [0, 0.1) is 0 Å². The second-order valence-electron chi connectivity index (χ2n) is 10.4. The van der Waals surface area contributed by atoms with Gasteiger partial charge in [0.1, 0.15) is 18.0 Å². The first-order valence-corrected chi connectivity index (χ1v) is 13.0. The predicted molar refractivity (Wildman–Crippen MR) is 141 cm³/mol. The van der Waals surface area contributed by atoms with E-state index in [0.717, 1.165) is 16.5 Å². The minimum Gasteiger partial charge on any atom is -0.457 e. The van der Waals surface area contributed by atoms with E-state index >= 15 is 0 Å². The number of fused-ring (bicyclic) bond motifs is 5. The Morgan fingerprint density at radius 1 is 1.15 bits per heavy atom. The van der Waals surface area contributed by atoms with E-state index in [4.69, 9.17) is 35.5 Å². The third-order valence-electron chi connectivity index (χ3n) is 6.94. The van der Waals surface area contributed by atoms with Crippen LogP contribution in [0.5, 0.6) is 5.75 Å². The van der Waals surface area contributed by atoms with E-state index in [-0.39, 0.29) is 36.3 Å². The molecule has 204 valence electrons. The molecule has 0 spiro atoms. The second kappa shape index (κ2) is 9.37. The molecule has 0 aliphatic carbocycles. The molecule has 1 unspecified atom stereocenters. The number of rotatable bonds is 4. The Hall–Kier alpha value is -3.92. The molecule has 4 heterocycles. The summed E-state index contributed by atoms with van der Waals surface area (Å²) in [6, 6.07) is 6.76. The first-order chi connectivity index (χ1) is 18.4. The van der Waals surface area contributed by atoms with Crippen LogP contribution in [0.4, 0.5) is 9.59 Å². The molecule has 0 saturated carbocycles. The number of aromatic nitrogens is 2. The topological polar surface area (TPSA) is 123 Å². The summed E-state index contributed by atoms with van der Waals surface area (Å²) in [5.74, 6) is -0.477. The van der Waals surface area contributed by atoms with E-state index < -0.39 is 28.8 Å². The van der Waals surface area contributed by atoms with Gasteiger partial charge in [0.25, 0.3) is 5.56 Å². The Kier molecular flexibility index (Phi) is 6.41. The normalized spacial score (nSPS) is 17.6. The van der Waals surface area contributed by atoms with Crippen molar-refractivity contribution in [1.29, 1.82) is 0 Å². The molecule has 39 heavy (non-hydrogen) atoms. The molecule has 10 nitrogen and oxygen atoms in total. The molecular formula is C28H27ClN2O8. The molecule has 2 aliphatic rings. The quantitative estimate of drug-likeness (QED) is 0.142. The molecule has 11 heteroatoms. The number of carbonyl (C=O) groups excluding carboxylic acids is 3. The van der Waals surface area contributed by atoms with Crippen molar-refractivity contribution in [1.82, 2.24) is 9.55 Å². The Balaban J connectivity index is 1.65. The Bertz CT molecular complexity index is 1620. The molecule has 2 aromatic heterocycles. The van der Waals surface area contributed by atoms with E-state index in [1.54, 1.807) is 56.5 Å². The SMILES string of the molecule is CCc1c2c(nc3ccc(OC(=O)OC(C)(C)C)cc13)-c1cc3c(c(=O)n1C2)COC(=O)C3(CC)OC(=O)Cl. The summed E-state index contributed by atoms with van der Waals surface area (Å²) in [4.78, 5) is 55.3. The van der Waals surface area contributed by atoms with Gasteiger partial charge in [0.15, 0.2) is 0 Å². The summed E-state index contributed by atoms with van der Waals surface area (Å²) in [5, 5.41) is 0.778. The van der Waals surface area contributed by atoms with Crippen molar-refractivity contribution in [2.75, 3.05) is 0 Å². The third kappa shape index (κ3) is 4.42. The van der Waals surface area contributed by atoms with E-state index in [1.807, 2.05) is 6.92 Å². The summed E-state index contributed by atoms with van der Waals surface area (Å²) in [6.07, 6.45) is -0.171. The molecule has 0 N–H and O–H groups in total. The molecule has 0 bridgehead atoms. The number of halogens is 1. The van der Waals surface area contributed by atoms with Gasteiger partial charge in [-0.2, -0.15) is 0 Å². The van der Waals surface area contributed by atoms with Crippen LogP contribution in [-0.4, -0.2) is 32.7 Å². The zero-order chi connectivity index (χ0) is 28.3. The number of ether oxygens (including phenoxy) is 4. The molecule has 0 fully saturated rings. The van der Waals surface area contributed by atoms with Gasteiger partial charge >= 0.3 is 17.6 Å². The standard InChI is InChI=1S/C28H27ClN2O8/c1-6-15-16-10-14(37-26(35)39-27(3,4)5)8-9-20(16)30-22-17(15)12-31-21(22)11-19-18(23(31)32)13-36-24(33)28(19,7-2)38-25(29)34/h8-11H,6-7,12-13H2,1-5H3. The van der Waals surface area contributed by atoms with E-state index in [0.29, 0.717) is 29.1 Å². The number of aryl methyl sites for hydroxylation is 1. The molecule has 5 rings (SSSR count). The predicted octanol–water partition coefficient (Wildman–Crippen LogP) is 5.34. The van der Waals surface area contributed by atoms with Crippen LogP contribution in [0.2, 0.25) is 0 Å². The van der Waals surface area contributed by atoms with Crippen molar-refractivity contribution in [2.45, 2.75) is 71.8 Å². The number of hydrogen-bond acceptors (Lipinski definition) is 9. The second-order valence-corrected chi connectivity index (χ2v) is 10.7. The zero-order valence-corrected chi connectivity index (χ0v) is 22.9. The van der Waals surface area contributed by atoms with E-state index in [9.17, 15) is 19.2 Å². The lowest BCUT2D eigenvalue weighted by Crippen LogP contribution is -2.46. The highest BCUT2D eigenvalue weighted by Crippen LogP contribution is 2.42. The highest BCUT2D eigenvalue weighted by Gasteiger charge is 2.50. The summed E-state index contributed by atoms with van der Waals surface area (Å²) in [5.41, 5.74) is -0.108. The third-order valence-corrected chi connectivity index (χ3v) is 7.02. The number of cyclic esters (lactones) is 1. The van der Waals surface area contributed by atoms with E-state index in [2.05, 4.69) is 0 Å². The molecule has 1 atom stereocenters. The van der Waals surface area contributed by atoms with Gasteiger partial charge in [-0.25, -0.2) is 19.4 Å². The van der Waals surface area contributed by atoms with Gasteiger partial charge in [-0.3, -0.25) is 4.79 Å². The fourth-order valence-electron chi connectivity index (χ4n) is 5.27. The van der Waals surface area contributed by atoms with Crippen LogP contribution in [0.25, 0.3) is 22.3 Å². The van der Waals surface area contributed by atoms with Crippen LogP contribution < -0.4 is 10.3 Å². The highest BCUT2D eigenvalue weighted by molar-refractivity contribution is 6.61. The summed E-state index contributed by atoms with van der Waals surface area (Å²) < 4.78 is 22.8. The molecule has 0 amide bonds. The van der Waals surface area contributed by atoms with Gasteiger partial charge in [-0.15, -0.1) is 0 Å². The zero-order valence-electron chi connectivity index (χ0n) is 22.2. The number of nitrogens with zero attached hydrogens (tertiary/aromatic N) is 2. The minimum atomic E-state index is -1.83.